The number of para-hydroxylation sites is 1. The van der Waals surface area contributed by atoms with Gasteiger partial charge < -0.3 is 16.4 Å². The molecular weight excluding hydrogens is 324 g/mol. The third kappa shape index (κ3) is 3.09. The maximum Gasteiger partial charge on any atom is 0.253 e. The van der Waals surface area contributed by atoms with Crippen molar-refractivity contribution in [3.63, 3.8) is 0 Å². The van der Waals surface area contributed by atoms with Crippen molar-refractivity contribution < 1.29 is 0 Å². The van der Waals surface area contributed by atoms with Gasteiger partial charge in [0, 0.05) is 35.8 Å². The number of benzene rings is 2. The van der Waals surface area contributed by atoms with E-state index >= 15 is 0 Å². The Morgan fingerprint density at radius 1 is 1.08 bits per heavy atom. The first-order valence-electron chi connectivity index (χ1n) is 7.38. The van der Waals surface area contributed by atoms with Crippen molar-refractivity contribution in [3.8, 4) is 11.3 Å². The molecule has 0 saturated heterocycles. The molecule has 7 heteroatoms. The fraction of sp³-hybridized carbons (Fsp3) is 0.118. The molecule has 3 aromatic rings. The highest BCUT2D eigenvalue weighted by molar-refractivity contribution is 6.31. The molecule has 6 nitrogen and oxygen atoms in total. The molecule has 1 heterocycles. The van der Waals surface area contributed by atoms with Crippen LogP contribution in [0, 0.1) is 0 Å². The minimum Gasteiger partial charge on any atom is -0.398 e. The summed E-state index contributed by atoms with van der Waals surface area (Å²) in [7, 11) is 3.54. The van der Waals surface area contributed by atoms with E-state index < -0.39 is 0 Å². The van der Waals surface area contributed by atoms with E-state index in [0.29, 0.717) is 28.3 Å². The number of hydrogen-bond donors (Lipinski definition) is 3. The maximum absolute atomic E-state index is 6.15. The van der Waals surface area contributed by atoms with Gasteiger partial charge in [-0.05, 0) is 24.3 Å². The van der Waals surface area contributed by atoms with Gasteiger partial charge in [0.25, 0.3) is 5.95 Å². The molecule has 0 aliphatic heterocycles. The highest BCUT2D eigenvalue weighted by Gasteiger charge is 2.12. The van der Waals surface area contributed by atoms with Gasteiger partial charge in [0.15, 0.2) is 5.96 Å². The molecule has 0 atom stereocenters. The van der Waals surface area contributed by atoms with Crippen molar-refractivity contribution in [1.82, 2.24) is 20.6 Å². The molecule has 0 saturated carbocycles. The lowest BCUT2D eigenvalue weighted by molar-refractivity contribution is 1.01. The summed E-state index contributed by atoms with van der Waals surface area (Å²) in [4.78, 5) is 13.5. The Hall–Kier alpha value is -2.86. The number of nitrogens with two attached hydrogens (primary N) is 1. The molecular formula is C17H17ClN6. The Morgan fingerprint density at radius 2 is 1.83 bits per heavy atom. The number of aromatic nitrogens is 2. The molecule has 122 valence electrons. The van der Waals surface area contributed by atoms with E-state index in [-0.39, 0.29) is 0 Å². The number of halogens is 1. The van der Waals surface area contributed by atoms with E-state index in [2.05, 4.69) is 25.6 Å². The summed E-state index contributed by atoms with van der Waals surface area (Å²) in [5.41, 5.74) is 9.03. The number of rotatable bonds is 2. The van der Waals surface area contributed by atoms with Gasteiger partial charge in [-0.2, -0.15) is 4.99 Å². The minimum atomic E-state index is 0.335. The molecule has 4 N–H and O–H groups in total. The van der Waals surface area contributed by atoms with Crippen LogP contribution in [0.3, 0.4) is 0 Å². The summed E-state index contributed by atoms with van der Waals surface area (Å²) in [5, 5.41) is 7.33. The van der Waals surface area contributed by atoms with Gasteiger partial charge in [-0.1, -0.05) is 29.8 Å². The molecule has 0 amide bonds. The van der Waals surface area contributed by atoms with Crippen LogP contribution in [0.25, 0.3) is 22.2 Å². The van der Waals surface area contributed by atoms with Crippen LogP contribution in [0.2, 0.25) is 5.02 Å². The van der Waals surface area contributed by atoms with E-state index in [1.54, 1.807) is 20.2 Å². The number of nitrogens with zero attached hydrogens (tertiary/aromatic N) is 3. The molecule has 2 aromatic carbocycles. The standard InChI is InChI=1S/C17H17ClN6/c1-20-16(21-2)24-17-22-14-8-7-10(18)9-12(14)15(23-17)11-5-3-4-6-13(11)19/h3-9H,19H2,1-2H3,(H2,20,21,22,23,24). The first kappa shape index (κ1) is 16.0. The third-order valence-corrected chi connectivity index (χ3v) is 3.78. The average molecular weight is 341 g/mol. The molecule has 0 radical (unpaired) electrons. The molecule has 0 aliphatic carbocycles. The highest BCUT2D eigenvalue weighted by Crippen LogP contribution is 2.32. The molecule has 0 aliphatic rings. The van der Waals surface area contributed by atoms with Crippen molar-refractivity contribution in [2.45, 2.75) is 0 Å². The summed E-state index contributed by atoms with van der Waals surface area (Å²) < 4.78 is 0. The van der Waals surface area contributed by atoms with Gasteiger partial charge in [0.2, 0.25) is 0 Å². The summed E-state index contributed by atoms with van der Waals surface area (Å²) in [6, 6.07) is 13.0. The van der Waals surface area contributed by atoms with Crippen LogP contribution in [-0.4, -0.2) is 30.0 Å². The van der Waals surface area contributed by atoms with Crippen molar-refractivity contribution in [3.05, 3.63) is 47.5 Å². The molecule has 0 unspecified atom stereocenters. The Morgan fingerprint density at radius 3 is 2.54 bits per heavy atom. The Labute approximate surface area is 144 Å². The lowest BCUT2D eigenvalue weighted by Crippen LogP contribution is -2.31. The number of nitrogen functional groups attached to an aromatic ring is 1. The van der Waals surface area contributed by atoms with Crippen LogP contribution in [0.4, 0.5) is 11.6 Å². The molecule has 0 fully saturated rings. The smallest absolute Gasteiger partial charge is 0.253 e. The van der Waals surface area contributed by atoms with Crippen LogP contribution < -0.4 is 16.4 Å². The quantitative estimate of drug-likeness (QED) is 0.379. The van der Waals surface area contributed by atoms with E-state index in [0.717, 1.165) is 16.5 Å². The molecule has 0 spiro atoms. The first-order valence-corrected chi connectivity index (χ1v) is 7.76. The summed E-state index contributed by atoms with van der Waals surface area (Å²) >= 11 is 6.15. The summed E-state index contributed by atoms with van der Waals surface area (Å²) in [6.07, 6.45) is 0. The minimum absolute atomic E-state index is 0.335. The number of fused-ring (bicyclic) bond motifs is 1. The van der Waals surface area contributed by atoms with Gasteiger partial charge in [-0.25, -0.2) is 9.97 Å². The third-order valence-electron chi connectivity index (χ3n) is 3.55. The van der Waals surface area contributed by atoms with Gasteiger partial charge >= 0.3 is 0 Å². The average Bonchev–Trinajstić information content (AvgIpc) is 2.60. The predicted molar refractivity (Wildman–Crippen MR) is 99.6 cm³/mol. The SMILES string of the molecule is CNC(=Nc1nc(-c2ccccc2N)c2cc(Cl)ccc2n1)NC. The van der Waals surface area contributed by atoms with Crippen LogP contribution in [-0.2, 0) is 0 Å². The molecule has 24 heavy (non-hydrogen) atoms. The number of aliphatic imine (C=N–C) groups is 1. The maximum atomic E-state index is 6.15. The lowest BCUT2D eigenvalue weighted by atomic mass is 10.0. The van der Waals surface area contributed by atoms with E-state index in [4.69, 9.17) is 17.3 Å². The van der Waals surface area contributed by atoms with Crippen LogP contribution in [0.5, 0.6) is 0 Å². The molecule has 3 rings (SSSR count). The van der Waals surface area contributed by atoms with Gasteiger partial charge in [0.05, 0.1) is 11.2 Å². The number of anilines is 1. The van der Waals surface area contributed by atoms with E-state index in [1.807, 2.05) is 36.4 Å². The van der Waals surface area contributed by atoms with Crippen molar-refractivity contribution >= 4 is 40.1 Å². The number of guanidine groups is 1. The largest absolute Gasteiger partial charge is 0.398 e. The Balaban J connectivity index is 2.31. The summed E-state index contributed by atoms with van der Waals surface area (Å²) in [6.45, 7) is 0. The van der Waals surface area contributed by atoms with Crippen molar-refractivity contribution in [2.24, 2.45) is 4.99 Å². The lowest BCUT2D eigenvalue weighted by Gasteiger charge is -2.10. The normalized spacial score (nSPS) is 10.5. The zero-order valence-electron chi connectivity index (χ0n) is 13.3. The second-order valence-corrected chi connectivity index (χ2v) is 5.52. The predicted octanol–water partition coefficient (Wildman–Crippen LogP) is 2.96. The topological polar surface area (TPSA) is 88.2 Å². The zero-order valence-corrected chi connectivity index (χ0v) is 14.1. The Bertz CT molecular complexity index is 916. The molecule has 0 bridgehead atoms. The van der Waals surface area contributed by atoms with Gasteiger partial charge in [0.1, 0.15) is 0 Å². The fourth-order valence-corrected chi connectivity index (χ4v) is 2.57. The van der Waals surface area contributed by atoms with Crippen LogP contribution in [0.1, 0.15) is 0 Å². The second kappa shape index (κ2) is 6.72. The van der Waals surface area contributed by atoms with Crippen LogP contribution >= 0.6 is 11.6 Å². The first-order chi connectivity index (χ1) is 11.6. The fourth-order valence-electron chi connectivity index (χ4n) is 2.39. The van der Waals surface area contributed by atoms with Crippen LogP contribution in [0.15, 0.2) is 47.5 Å². The van der Waals surface area contributed by atoms with Crippen molar-refractivity contribution in [1.29, 1.82) is 0 Å². The number of hydrogen-bond acceptors (Lipinski definition) is 4. The zero-order chi connectivity index (χ0) is 17.1. The highest BCUT2D eigenvalue weighted by atomic mass is 35.5. The summed E-state index contributed by atoms with van der Waals surface area (Å²) in [5.74, 6) is 0.900. The van der Waals surface area contributed by atoms with E-state index in [1.165, 1.54) is 0 Å². The second-order valence-electron chi connectivity index (χ2n) is 5.08. The van der Waals surface area contributed by atoms with Gasteiger partial charge in [-0.15, -0.1) is 0 Å². The number of nitrogens with one attached hydrogen (secondary N) is 2. The molecule has 1 aromatic heterocycles. The Kier molecular flexibility index (Phi) is 4.48. The monoisotopic (exact) mass is 340 g/mol. The van der Waals surface area contributed by atoms with E-state index in [9.17, 15) is 0 Å². The van der Waals surface area contributed by atoms with Gasteiger partial charge in [-0.3, -0.25) is 0 Å². The van der Waals surface area contributed by atoms with Crippen molar-refractivity contribution in [2.75, 3.05) is 19.8 Å².